The Labute approximate surface area is 199 Å². The largest absolute Gasteiger partial charge is 0.354 e. The van der Waals surface area contributed by atoms with Crippen molar-refractivity contribution in [1.29, 1.82) is 0 Å². The molecule has 7 heteroatoms. The fourth-order valence-electron chi connectivity index (χ4n) is 3.39. The van der Waals surface area contributed by atoms with E-state index < -0.39 is 6.04 Å². The smallest absolute Gasteiger partial charge is 0.242 e. The van der Waals surface area contributed by atoms with Gasteiger partial charge in [-0.15, -0.1) is 11.8 Å². The van der Waals surface area contributed by atoms with Gasteiger partial charge in [-0.25, -0.2) is 4.39 Å². The Morgan fingerprint density at radius 3 is 2.56 bits per heavy atom. The second-order valence-corrected chi connectivity index (χ2v) is 9.10. The summed E-state index contributed by atoms with van der Waals surface area (Å²) in [5.41, 5.74) is 2.46. The summed E-state index contributed by atoms with van der Waals surface area (Å²) < 4.78 is 14.1. The maximum absolute atomic E-state index is 14.1. The van der Waals surface area contributed by atoms with Crippen molar-refractivity contribution < 1.29 is 14.0 Å². The lowest BCUT2D eigenvalue weighted by Crippen LogP contribution is -2.49. The molecular weight excluding hydrogens is 447 g/mol. The predicted octanol–water partition coefficient (Wildman–Crippen LogP) is 5.74. The van der Waals surface area contributed by atoms with Crippen LogP contribution in [0.3, 0.4) is 0 Å². The monoisotopic (exact) mass is 478 g/mol. The Balaban J connectivity index is 2.15. The first-order chi connectivity index (χ1) is 15.4. The molecule has 0 saturated carbocycles. The topological polar surface area (TPSA) is 49.4 Å². The number of amides is 2. The van der Waals surface area contributed by atoms with E-state index in [9.17, 15) is 14.0 Å². The molecule has 0 fully saturated rings. The van der Waals surface area contributed by atoms with Crippen molar-refractivity contribution in [3.05, 3.63) is 70.0 Å². The maximum Gasteiger partial charge on any atom is 0.242 e. The summed E-state index contributed by atoms with van der Waals surface area (Å²) >= 11 is 7.41. The zero-order chi connectivity index (χ0) is 23.5. The third kappa shape index (κ3) is 7.52. The molecule has 0 saturated heterocycles. The van der Waals surface area contributed by atoms with Crippen LogP contribution in [0.15, 0.2) is 42.5 Å². The molecule has 1 N–H and O–H groups in total. The number of hydrogen-bond donors (Lipinski definition) is 1. The number of halogens is 2. The number of nitrogens with one attached hydrogen (secondary N) is 1. The SMILES string of the molecule is CCCCNC(=O)C(CC)N(Cc1ccccc1C)C(=O)CSCc1c(F)cccc1Cl. The van der Waals surface area contributed by atoms with Crippen molar-refractivity contribution >= 4 is 35.2 Å². The molecule has 0 radical (unpaired) electrons. The van der Waals surface area contributed by atoms with Gasteiger partial charge in [0.05, 0.1) is 5.75 Å². The fourth-order valence-corrected chi connectivity index (χ4v) is 4.64. The van der Waals surface area contributed by atoms with Gasteiger partial charge in [-0.1, -0.05) is 62.2 Å². The molecule has 1 unspecified atom stereocenters. The molecule has 2 amide bonds. The van der Waals surface area contributed by atoms with E-state index in [0.717, 1.165) is 24.0 Å². The summed E-state index contributed by atoms with van der Waals surface area (Å²) in [6, 6.07) is 11.9. The zero-order valence-corrected chi connectivity index (χ0v) is 20.6. The van der Waals surface area contributed by atoms with E-state index in [0.29, 0.717) is 30.1 Å². The highest BCUT2D eigenvalue weighted by molar-refractivity contribution is 7.99. The summed E-state index contributed by atoms with van der Waals surface area (Å²) in [5.74, 6) is -0.242. The van der Waals surface area contributed by atoms with Crippen molar-refractivity contribution in [2.45, 2.75) is 58.4 Å². The average Bonchev–Trinajstić information content (AvgIpc) is 2.77. The van der Waals surface area contributed by atoms with Crippen molar-refractivity contribution in [3.63, 3.8) is 0 Å². The highest BCUT2D eigenvalue weighted by Gasteiger charge is 2.28. The quantitative estimate of drug-likeness (QED) is 0.395. The molecule has 174 valence electrons. The number of unbranched alkanes of at least 4 members (excludes halogenated alkanes) is 1. The van der Waals surface area contributed by atoms with Crippen LogP contribution >= 0.6 is 23.4 Å². The zero-order valence-electron chi connectivity index (χ0n) is 19.0. The van der Waals surface area contributed by atoms with Gasteiger partial charge < -0.3 is 10.2 Å². The Hall–Kier alpha value is -2.05. The molecule has 2 rings (SSSR count). The minimum atomic E-state index is -0.559. The molecule has 0 spiro atoms. The minimum Gasteiger partial charge on any atom is -0.354 e. The second kappa shape index (κ2) is 13.5. The van der Waals surface area contributed by atoms with E-state index in [1.54, 1.807) is 17.0 Å². The molecular formula is C25H32ClFN2O2S. The van der Waals surface area contributed by atoms with Gasteiger partial charge in [0.2, 0.25) is 11.8 Å². The molecule has 2 aromatic rings. The predicted molar refractivity (Wildman–Crippen MR) is 131 cm³/mol. The van der Waals surface area contributed by atoms with E-state index in [4.69, 9.17) is 11.6 Å². The molecule has 0 heterocycles. The fraction of sp³-hybridized carbons (Fsp3) is 0.440. The number of nitrogens with zero attached hydrogens (tertiary/aromatic N) is 1. The van der Waals surface area contributed by atoms with Crippen LogP contribution in [0.4, 0.5) is 4.39 Å². The maximum atomic E-state index is 14.1. The summed E-state index contributed by atoms with van der Waals surface area (Å²) in [6.07, 6.45) is 2.39. The van der Waals surface area contributed by atoms with Gasteiger partial charge in [-0.2, -0.15) is 0 Å². The number of thioether (sulfide) groups is 1. The van der Waals surface area contributed by atoms with Crippen molar-refractivity contribution in [3.8, 4) is 0 Å². The molecule has 2 aromatic carbocycles. The van der Waals surface area contributed by atoms with Crippen molar-refractivity contribution in [1.82, 2.24) is 10.2 Å². The highest BCUT2D eigenvalue weighted by Crippen LogP contribution is 2.25. The molecule has 0 aliphatic heterocycles. The van der Waals surface area contributed by atoms with Crippen LogP contribution in [0.2, 0.25) is 5.02 Å². The molecule has 4 nitrogen and oxygen atoms in total. The molecule has 0 aliphatic carbocycles. The van der Waals surface area contributed by atoms with E-state index in [-0.39, 0.29) is 29.1 Å². The van der Waals surface area contributed by atoms with Crippen LogP contribution in [0, 0.1) is 12.7 Å². The van der Waals surface area contributed by atoms with Crippen LogP contribution in [-0.4, -0.2) is 35.1 Å². The van der Waals surface area contributed by atoms with Crippen molar-refractivity contribution in [2.24, 2.45) is 0 Å². The average molecular weight is 479 g/mol. The second-order valence-electron chi connectivity index (χ2n) is 7.71. The Morgan fingerprint density at radius 2 is 1.91 bits per heavy atom. The first-order valence-corrected chi connectivity index (χ1v) is 12.5. The van der Waals surface area contributed by atoms with Gasteiger partial charge in [0.1, 0.15) is 11.9 Å². The summed E-state index contributed by atoms with van der Waals surface area (Å²) in [6.45, 7) is 6.92. The van der Waals surface area contributed by atoms with Gasteiger partial charge >= 0.3 is 0 Å². The Kier molecular flexibility index (Phi) is 11.0. The lowest BCUT2D eigenvalue weighted by atomic mass is 10.1. The number of hydrogen-bond acceptors (Lipinski definition) is 3. The highest BCUT2D eigenvalue weighted by atomic mass is 35.5. The van der Waals surface area contributed by atoms with Gasteiger partial charge in [0.25, 0.3) is 0 Å². The summed E-state index contributed by atoms with van der Waals surface area (Å²) in [5, 5.41) is 3.31. The summed E-state index contributed by atoms with van der Waals surface area (Å²) in [4.78, 5) is 27.8. The third-order valence-electron chi connectivity index (χ3n) is 5.35. The van der Waals surface area contributed by atoms with E-state index >= 15 is 0 Å². The van der Waals surface area contributed by atoms with Crippen LogP contribution in [0.1, 0.15) is 49.8 Å². The lowest BCUT2D eigenvalue weighted by molar-refractivity contribution is -0.139. The summed E-state index contributed by atoms with van der Waals surface area (Å²) in [7, 11) is 0. The van der Waals surface area contributed by atoms with Crippen LogP contribution in [0.25, 0.3) is 0 Å². The first-order valence-electron chi connectivity index (χ1n) is 11.0. The number of carbonyl (C=O) groups excluding carboxylic acids is 2. The normalized spacial score (nSPS) is 11.8. The Morgan fingerprint density at radius 1 is 1.16 bits per heavy atom. The van der Waals surface area contributed by atoms with Crippen molar-refractivity contribution in [2.75, 3.05) is 12.3 Å². The molecule has 0 bridgehead atoms. The lowest BCUT2D eigenvalue weighted by Gasteiger charge is -2.31. The molecule has 1 atom stereocenters. The van der Waals surface area contributed by atoms with Gasteiger partial charge in [-0.3, -0.25) is 9.59 Å². The van der Waals surface area contributed by atoms with Crippen LogP contribution in [-0.2, 0) is 21.9 Å². The standard InChI is InChI=1S/C25H32ClFN2O2S/c1-4-6-14-28-25(31)23(5-2)29(15-19-11-8-7-10-18(19)3)24(30)17-32-16-20-21(26)12-9-13-22(20)27/h7-13,23H,4-6,14-17H2,1-3H3,(H,28,31). The van der Waals surface area contributed by atoms with Crippen LogP contribution in [0.5, 0.6) is 0 Å². The van der Waals surface area contributed by atoms with E-state index in [1.165, 1.54) is 17.8 Å². The number of rotatable bonds is 12. The molecule has 32 heavy (non-hydrogen) atoms. The molecule has 0 aliphatic rings. The number of benzene rings is 2. The molecule has 0 aromatic heterocycles. The number of carbonyl (C=O) groups is 2. The van der Waals surface area contributed by atoms with E-state index in [1.807, 2.05) is 38.1 Å². The van der Waals surface area contributed by atoms with Gasteiger partial charge in [0.15, 0.2) is 0 Å². The van der Waals surface area contributed by atoms with Crippen LogP contribution < -0.4 is 5.32 Å². The third-order valence-corrected chi connectivity index (χ3v) is 6.65. The van der Waals surface area contributed by atoms with Gasteiger partial charge in [-0.05, 0) is 43.0 Å². The Bertz CT molecular complexity index is 889. The first kappa shape index (κ1) is 26.2. The minimum absolute atomic E-state index is 0.134. The van der Waals surface area contributed by atoms with E-state index in [2.05, 4.69) is 12.2 Å². The number of aryl methyl sites for hydroxylation is 1. The van der Waals surface area contributed by atoms with Gasteiger partial charge in [0, 0.05) is 29.4 Å².